The molecule has 0 amide bonds. The molecule has 0 unspecified atom stereocenters. The number of aliphatic hydroxyl groups excluding tert-OH is 1. The van der Waals surface area contributed by atoms with Gasteiger partial charge in [0.2, 0.25) is 0 Å². The van der Waals surface area contributed by atoms with E-state index in [0.717, 1.165) is 13.0 Å². The van der Waals surface area contributed by atoms with Crippen LogP contribution in [0.1, 0.15) is 61.3 Å². The van der Waals surface area contributed by atoms with Crippen molar-refractivity contribution in [3.63, 3.8) is 0 Å². The third-order valence-corrected chi connectivity index (χ3v) is 2.71. The molecule has 3 heteroatoms. The first-order valence-corrected chi connectivity index (χ1v) is 8.41. The highest BCUT2D eigenvalue weighted by Crippen LogP contribution is 1.95. The number of rotatable bonds is 9. The van der Waals surface area contributed by atoms with Crippen molar-refractivity contribution >= 4 is 0 Å². The molecule has 1 N–H and O–H groups in total. The largest absolute Gasteiger partial charge is 0.400 e. The molecule has 0 atom stereocenters. The third kappa shape index (κ3) is 23.0. The van der Waals surface area contributed by atoms with E-state index in [9.17, 15) is 0 Å². The lowest BCUT2D eigenvalue weighted by atomic mass is 10.3. The zero-order chi connectivity index (χ0) is 16.4. The van der Waals surface area contributed by atoms with Gasteiger partial charge in [0.05, 0.1) is 0 Å². The van der Waals surface area contributed by atoms with Gasteiger partial charge in [-0.15, -0.1) is 0 Å². The van der Waals surface area contributed by atoms with E-state index in [0.29, 0.717) is 0 Å². The highest BCUT2D eigenvalue weighted by molar-refractivity contribution is 4.60. The van der Waals surface area contributed by atoms with Crippen LogP contribution in [-0.2, 0) is 0 Å². The van der Waals surface area contributed by atoms with Crippen LogP contribution in [0.25, 0.3) is 0 Å². The molecular weight excluding hydrogens is 248 g/mol. The first-order valence-electron chi connectivity index (χ1n) is 8.41. The van der Waals surface area contributed by atoms with E-state index in [1.165, 1.54) is 52.1 Å². The van der Waals surface area contributed by atoms with Crippen LogP contribution >= 0.6 is 0 Å². The van der Waals surface area contributed by atoms with Crippen molar-refractivity contribution in [2.45, 2.75) is 61.3 Å². The Morgan fingerprint density at radius 3 is 1.20 bits per heavy atom. The minimum atomic E-state index is 0.833. The second-order valence-electron chi connectivity index (χ2n) is 5.60. The lowest BCUT2D eigenvalue weighted by molar-refractivity contribution is 0.214. The van der Waals surface area contributed by atoms with Crippen molar-refractivity contribution in [1.82, 2.24) is 9.80 Å². The van der Waals surface area contributed by atoms with Crippen LogP contribution in [0.5, 0.6) is 0 Å². The Balaban J connectivity index is -0.000000410. The summed E-state index contributed by atoms with van der Waals surface area (Å²) in [5, 5.41) is 7.00. The Kier molecular flexibility index (Phi) is 26.3. The van der Waals surface area contributed by atoms with E-state index in [1.54, 1.807) is 0 Å². The van der Waals surface area contributed by atoms with Crippen molar-refractivity contribution in [2.24, 2.45) is 5.92 Å². The van der Waals surface area contributed by atoms with Crippen LogP contribution in [0.3, 0.4) is 0 Å². The Morgan fingerprint density at radius 1 is 0.650 bits per heavy atom. The first kappa shape index (κ1) is 24.9. The van der Waals surface area contributed by atoms with Gasteiger partial charge in [0.25, 0.3) is 0 Å². The van der Waals surface area contributed by atoms with Crippen molar-refractivity contribution in [3.8, 4) is 0 Å². The van der Waals surface area contributed by atoms with E-state index in [-0.39, 0.29) is 0 Å². The Morgan fingerprint density at radius 2 is 0.950 bits per heavy atom. The second-order valence-corrected chi connectivity index (χ2v) is 5.60. The van der Waals surface area contributed by atoms with E-state index in [1.807, 2.05) is 0 Å². The minimum absolute atomic E-state index is 0.833. The normalized spacial score (nSPS) is 10.2. The Labute approximate surface area is 129 Å². The summed E-state index contributed by atoms with van der Waals surface area (Å²) in [6.07, 6.45) is 2.55. The van der Waals surface area contributed by atoms with Gasteiger partial charge in [0.1, 0.15) is 0 Å². The van der Waals surface area contributed by atoms with E-state index in [4.69, 9.17) is 5.11 Å². The molecule has 0 aliphatic rings. The fourth-order valence-electron chi connectivity index (χ4n) is 1.79. The summed E-state index contributed by atoms with van der Waals surface area (Å²) in [4.78, 5) is 5.08. The summed E-state index contributed by atoms with van der Waals surface area (Å²) in [5.41, 5.74) is 0. The summed E-state index contributed by atoms with van der Waals surface area (Å²) in [6.45, 7) is 22.9. The van der Waals surface area contributed by atoms with Crippen molar-refractivity contribution in [1.29, 1.82) is 0 Å². The van der Waals surface area contributed by atoms with Gasteiger partial charge in [-0.1, -0.05) is 48.5 Å². The lowest BCUT2D eigenvalue weighted by Crippen LogP contribution is -2.35. The fourth-order valence-corrected chi connectivity index (χ4v) is 1.79. The molecule has 0 aromatic heterocycles. The maximum Gasteiger partial charge on any atom is 0.0319 e. The highest BCUT2D eigenvalue weighted by atomic mass is 16.2. The SMILES string of the molecule is CC(C)C.CCCN(CCC)CCN(CC)CC.CO. The van der Waals surface area contributed by atoms with Crippen molar-refractivity contribution in [2.75, 3.05) is 46.4 Å². The Hall–Kier alpha value is -0.120. The maximum absolute atomic E-state index is 7.00. The van der Waals surface area contributed by atoms with Gasteiger partial charge in [-0.25, -0.2) is 0 Å². The molecular formula is C17H42N2O. The molecule has 0 aromatic rings. The molecule has 0 rings (SSSR count). The Bertz CT molecular complexity index is 139. The lowest BCUT2D eigenvalue weighted by Gasteiger charge is -2.25. The van der Waals surface area contributed by atoms with Crippen molar-refractivity contribution < 1.29 is 5.11 Å². The highest BCUT2D eigenvalue weighted by Gasteiger charge is 2.04. The number of nitrogens with zero attached hydrogens (tertiary/aromatic N) is 2. The van der Waals surface area contributed by atoms with Gasteiger partial charge in [-0.3, -0.25) is 0 Å². The van der Waals surface area contributed by atoms with E-state index in [2.05, 4.69) is 58.3 Å². The maximum atomic E-state index is 7.00. The topological polar surface area (TPSA) is 26.7 Å². The number of likely N-dealkylation sites (N-methyl/N-ethyl adjacent to an activating group) is 1. The molecule has 0 aliphatic carbocycles. The minimum Gasteiger partial charge on any atom is -0.400 e. The molecule has 0 aliphatic heterocycles. The number of hydrogen-bond donors (Lipinski definition) is 1. The quantitative estimate of drug-likeness (QED) is 0.701. The fraction of sp³-hybridized carbons (Fsp3) is 1.00. The molecule has 20 heavy (non-hydrogen) atoms. The summed E-state index contributed by atoms with van der Waals surface area (Å²) >= 11 is 0. The molecule has 0 fully saturated rings. The molecule has 3 nitrogen and oxygen atoms in total. The van der Waals surface area contributed by atoms with Crippen LogP contribution in [0.15, 0.2) is 0 Å². The predicted octanol–water partition coefficient (Wildman–Crippen LogP) is 3.72. The zero-order valence-corrected chi connectivity index (χ0v) is 15.6. The smallest absolute Gasteiger partial charge is 0.0319 e. The summed E-state index contributed by atoms with van der Waals surface area (Å²) in [6, 6.07) is 0. The molecule has 0 aromatic carbocycles. The van der Waals surface area contributed by atoms with Gasteiger partial charge in [0, 0.05) is 20.2 Å². The van der Waals surface area contributed by atoms with Crippen molar-refractivity contribution in [3.05, 3.63) is 0 Å². The second kappa shape index (κ2) is 21.2. The average Bonchev–Trinajstić information content (AvgIpc) is 2.42. The van der Waals surface area contributed by atoms with Crippen LogP contribution < -0.4 is 0 Å². The predicted molar refractivity (Wildman–Crippen MR) is 93.5 cm³/mol. The standard InChI is InChI=1S/C12H28N2.C4H10.CH4O/c1-5-9-14(10-6-2)12-11-13(7-3)8-4;1-4(2)3;1-2/h5-12H2,1-4H3;4H,1-3H3;2H,1H3. The monoisotopic (exact) mass is 290 g/mol. The van der Waals surface area contributed by atoms with Gasteiger partial charge in [-0.2, -0.15) is 0 Å². The third-order valence-electron chi connectivity index (χ3n) is 2.71. The van der Waals surface area contributed by atoms with Crippen LogP contribution in [0.4, 0.5) is 0 Å². The molecule has 0 heterocycles. The molecule has 0 bridgehead atoms. The van der Waals surface area contributed by atoms with Gasteiger partial charge in [0.15, 0.2) is 0 Å². The average molecular weight is 291 g/mol. The van der Waals surface area contributed by atoms with E-state index < -0.39 is 0 Å². The van der Waals surface area contributed by atoms with Gasteiger partial charge in [-0.05, 0) is 44.9 Å². The van der Waals surface area contributed by atoms with Gasteiger partial charge >= 0.3 is 0 Å². The number of aliphatic hydroxyl groups is 1. The van der Waals surface area contributed by atoms with Crippen LogP contribution in [0.2, 0.25) is 0 Å². The molecule has 0 spiro atoms. The molecule has 0 radical (unpaired) electrons. The van der Waals surface area contributed by atoms with Crippen LogP contribution in [0, 0.1) is 5.92 Å². The molecule has 0 saturated heterocycles. The van der Waals surface area contributed by atoms with Crippen LogP contribution in [-0.4, -0.2) is 61.3 Å². The summed E-state index contributed by atoms with van der Waals surface area (Å²) in [7, 11) is 1.00. The summed E-state index contributed by atoms with van der Waals surface area (Å²) < 4.78 is 0. The summed E-state index contributed by atoms with van der Waals surface area (Å²) in [5.74, 6) is 0.833. The van der Waals surface area contributed by atoms with E-state index >= 15 is 0 Å². The van der Waals surface area contributed by atoms with Gasteiger partial charge < -0.3 is 14.9 Å². The number of hydrogen-bond acceptors (Lipinski definition) is 3. The molecule has 0 saturated carbocycles. The molecule has 126 valence electrons. The first-order chi connectivity index (χ1) is 9.51. The zero-order valence-electron chi connectivity index (χ0n) is 15.6.